The second-order valence-electron chi connectivity index (χ2n) is 4.62. The average Bonchev–Trinajstić information content (AvgIpc) is 2.95. The van der Waals surface area contributed by atoms with E-state index in [0.29, 0.717) is 6.54 Å². The Kier molecular flexibility index (Phi) is 4.45. The maximum atomic E-state index is 12.5. The summed E-state index contributed by atoms with van der Waals surface area (Å²) < 4.78 is 28.2. The minimum absolute atomic E-state index is 0.134. The standard InChI is InChI=1S/C11H18BrN3O2S/c1-14-8-11(13-9-14)18(16,17)15-7-3-5-10(15)4-2-6-12/h8-10H,2-7H2,1H3. The number of alkyl halides is 1. The maximum absolute atomic E-state index is 12.5. The zero-order valence-electron chi connectivity index (χ0n) is 10.4. The highest BCUT2D eigenvalue weighted by Crippen LogP contribution is 2.27. The van der Waals surface area contributed by atoms with Crippen LogP contribution in [-0.2, 0) is 17.1 Å². The number of nitrogens with zero attached hydrogens (tertiary/aromatic N) is 3. The zero-order valence-corrected chi connectivity index (χ0v) is 12.8. The third-order valence-corrected chi connectivity index (χ3v) is 5.65. The van der Waals surface area contributed by atoms with Gasteiger partial charge in [-0.1, -0.05) is 15.9 Å². The van der Waals surface area contributed by atoms with Crippen molar-refractivity contribution in [3.63, 3.8) is 0 Å². The molecule has 1 aromatic rings. The molecule has 1 unspecified atom stereocenters. The molecule has 1 aromatic heterocycles. The fraction of sp³-hybridized carbons (Fsp3) is 0.727. The molecule has 0 radical (unpaired) electrons. The van der Waals surface area contributed by atoms with Crippen LogP contribution in [0, 0.1) is 0 Å². The van der Waals surface area contributed by atoms with E-state index in [1.165, 1.54) is 6.33 Å². The van der Waals surface area contributed by atoms with Crippen LogP contribution in [0.2, 0.25) is 0 Å². The topological polar surface area (TPSA) is 55.2 Å². The van der Waals surface area contributed by atoms with E-state index < -0.39 is 10.0 Å². The first-order valence-electron chi connectivity index (χ1n) is 6.11. The molecule has 2 rings (SSSR count). The summed E-state index contributed by atoms with van der Waals surface area (Å²) in [7, 11) is -1.64. The summed E-state index contributed by atoms with van der Waals surface area (Å²) in [5.74, 6) is 0. The normalized spacial score (nSPS) is 21.6. The first-order valence-corrected chi connectivity index (χ1v) is 8.67. The predicted octanol–water partition coefficient (Wildman–Crippen LogP) is 1.75. The van der Waals surface area contributed by atoms with E-state index in [0.717, 1.165) is 31.0 Å². The lowest BCUT2D eigenvalue weighted by molar-refractivity contribution is 0.368. The molecule has 7 heteroatoms. The molecule has 0 bridgehead atoms. The first kappa shape index (κ1) is 14.0. The predicted molar refractivity (Wildman–Crippen MR) is 73.1 cm³/mol. The van der Waals surface area contributed by atoms with Crippen LogP contribution in [0.15, 0.2) is 17.6 Å². The number of imidazole rings is 1. The molecular formula is C11H18BrN3O2S. The lowest BCUT2D eigenvalue weighted by Gasteiger charge is -2.22. The van der Waals surface area contributed by atoms with Crippen molar-refractivity contribution in [3.05, 3.63) is 12.5 Å². The van der Waals surface area contributed by atoms with Gasteiger partial charge in [-0.05, 0) is 25.7 Å². The quantitative estimate of drug-likeness (QED) is 0.770. The minimum Gasteiger partial charge on any atom is -0.339 e. The fourth-order valence-electron chi connectivity index (χ4n) is 2.37. The molecule has 1 atom stereocenters. The molecule has 1 aliphatic rings. The Morgan fingerprint density at radius 3 is 2.94 bits per heavy atom. The number of rotatable bonds is 5. The van der Waals surface area contributed by atoms with Crippen LogP contribution < -0.4 is 0 Å². The highest BCUT2D eigenvalue weighted by Gasteiger charge is 2.35. The summed E-state index contributed by atoms with van der Waals surface area (Å²) in [4.78, 5) is 3.97. The minimum atomic E-state index is -3.41. The van der Waals surface area contributed by atoms with E-state index in [4.69, 9.17) is 0 Å². The average molecular weight is 336 g/mol. The number of hydrogen-bond acceptors (Lipinski definition) is 3. The Bertz CT molecular complexity index is 500. The molecule has 5 nitrogen and oxygen atoms in total. The van der Waals surface area contributed by atoms with Crippen molar-refractivity contribution in [3.8, 4) is 0 Å². The van der Waals surface area contributed by atoms with Gasteiger partial charge in [-0.3, -0.25) is 0 Å². The number of aryl methyl sites for hydroxylation is 1. The van der Waals surface area contributed by atoms with Crippen molar-refractivity contribution >= 4 is 26.0 Å². The van der Waals surface area contributed by atoms with Gasteiger partial charge in [0.1, 0.15) is 0 Å². The molecule has 0 N–H and O–H groups in total. The largest absolute Gasteiger partial charge is 0.339 e. The molecule has 1 aliphatic heterocycles. The van der Waals surface area contributed by atoms with Crippen LogP contribution in [0.25, 0.3) is 0 Å². The van der Waals surface area contributed by atoms with E-state index in [-0.39, 0.29) is 11.1 Å². The zero-order chi connectivity index (χ0) is 13.2. The van der Waals surface area contributed by atoms with Crippen LogP contribution in [0.4, 0.5) is 0 Å². The van der Waals surface area contributed by atoms with Gasteiger partial charge < -0.3 is 4.57 Å². The maximum Gasteiger partial charge on any atom is 0.262 e. The van der Waals surface area contributed by atoms with Crippen LogP contribution in [0.5, 0.6) is 0 Å². The lowest BCUT2D eigenvalue weighted by Crippen LogP contribution is -2.35. The summed E-state index contributed by atoms with van der Waals surface area (Å²) in [6, 6.07) is 0.134. The molecule has 102 valence electrons. The molecule has 1 saturated heterocycles. The van der Waals surface area contributed by atoms with E-state index in [1.807, 2.05) is 0 Å². The molecule has 1 fully saturated rings. The van der Waals surface area contributed by atoms with Gasteiger partial charge in [0.2, 0.25) is 0 Å². The number of hydrogen-bond donors (Lipinski definition) is 0. The van der Waals surface area contributed by atoms with Gasteiger partial charge in [0.25, 0.3) is 10.0 Å². The van der Waals surface area contributed by atoms with Crippen LogP contribution in [0.3, 0.4) is 0 Å². The van der Waals surface area contributed by atoms with Crippen molar-refractivity contribution in [2.45, 2.75) is 36.8 Å². The lowest BCUT2D eigenvalue weighted by atomic mass is 10.1. The van der Waals surface area contributed by atoms with Gasteiger partial charge in [-0.25, -0.2) is 13.4 Å². The Morgan fingerprint density at radius 1 is 1.56 bits per heavy atom. The van der Waals surface area contributed by atoms with E-state index in [9.17, 15) is 8.42 Å². The summed E-state index contributed by atoms with van der Waals surface area (Å²) in [5.41, 5.74) is 0. The molecule has 0 amide bonds. The molecule has 0 spiro atoms. The summed E-state index contributed by atoms with van der Waals surface area (Å²) in [6.07, 6.45) is 6.90. The highest BCUT2D eigenvalue weighted by molar-refractivity contribution is 9.09. The van der Waals surface area contributed by atoms with Crippen molar-refractivity contribution < 1.29 is 8.42 Å². The van der Waals surface area contributed by atoms with E-state index >= 15 is 0 Å². The Labute approximate surface area is 116 Å². The monoisotopic (exact) mass is 335 g/mol. The Hall–Kier alpha value is -0.400. The number of aromatic nitrogens is 2. The van der Waals surface area contributed by atoms with Gasteiger partial charge in [-0.2, -0.15) is 4.31 Å². The van der Waals surface area contributed by atoms with Crippen LogP contribution in [-0.4, -0.2) is 40.2 Å². The van der Waals surface area contributed by atoms with Gasteiger partial charge in [0.05, 0.1) is 6.33 Å². The second kappa shape index (κ2) is 5.71. The number of sulfonamides is 1. The molecule has 0 aliphatic carbocycles. The van der Waals surface area contributed by atoms with Gasteiger partial charge in [-0.15, -0.1) is 0 Å². The summed E-state index contributed by atoms with van der Waals surface area (Å²) >= 11 is 3.39. The smallest absolute Gasteiger partial charge is 0.262 e. The molecule has 18 heavy (non-hydrogen) atoms. The molecule has 0 aromatic carbocycles. The Balaban J connectivity index is 2.18. The highest BCUT2D eigenvalue weighted by atomic mass is 79.9. The molecule has 2 heterocycles. The summed E-state index contributed by atoms with van der Waals surface area (Å²) in [5, 5.41) is 1.08. The SMILES string of the molecule is Cn1cnc(S(=O)(=O)N2CCCC2CCCBr)c1. The van der Waals surface area contributed by atoms with Crippen molar-refractivity contribution in [2.24, 2.45) is 7.05 Å². The van der Waals surface area contributed by atoms with Gasteiger partial charge in [0, 0.05) is 31.2 Å². The molecule has 0 saturated carbocycles. The van der Waals surface area contributed by atoms with E-state index in [2.05, 4.69) is 20.9 Å². The second-order valence-corrected chi connectivity index (χ2v) is 7.25. The first-order chi connectivity index (χ1) is 8.55. The third kappa shape index (κ3) is 2.78. The van der Waals surface area contributed by atoms with Crippen LogP contribution in [0.1, 0.15) is 25.7 Å². The fourth-order valence-corrected chi connectivity index (χ4v) is 4.39. The van der Waals surface area contributed by atoms with Crippen molar-refractivity contribution in [2.75, 3.05) is 11.9 Å². The van der Waals surface area contributed by atoms with Gasteiger partial charge >= 0.3 is 0 Å². The summed E-state index contributed by atoms with van der Waals surface area (Å²) in [6.45, 7) is 0.617. The number of halogens is 1. The Morgan fingerprint density at radius 2 is 2.33 bits per heavy atom. The van der Waals surface area contributed by atoms with Crippen LogP contribution >= 0.6 is 15.9 Å². The molecular weight excluding hydrogens is 318 g/mol. The van der Waals surface area contributed by atoms with Crippen molar-refractivity contribution in [1.29, 1.82) is 0 Å². The van der Waals surface area contributed by atoms with Crippen molar-refractivity contribution in [1.82, 2.24) is 13.9 Å². The third-order valence-electron chi connectivity index (χ3n) is 3.25. The van der Waals surface area contributed by atoms with Gasteiger partial charge in [0.15, 0.2) is 5.03 Å². The van der Waals surface area contributed by atoms with E-state index in [1.54, 1.807) is 22.1 Å².